The maximum absolute atomic E-state index is 12.6. The summed E-state index contributed by atoms with van der Waals surface area (Å²) in [5.74, 6) is 0.794. The molecule has 2 rings (SSSR count). The molecule has 0 bridgehead atoms. The molecule has 1 aromatic carbocycles. The third-order valence-corrected chi connectivity index (χ3v) is 3.43. The molecule has 2 aromatic rings. The summed E-state index contributed by atoms with van der Waals surface area (Å²) >= 11 is 0. The molecule has 0 aliphatic heterocycles. The van der Waals surface area contributed by atoms with Crippen molar-refractivity contribution in [1.29, 1.82) is 0 Å². The Bertz CT molecular complexity index is 662. The van der Waals surface area contributed by atoms with Gasteiger partial charge >= 0.3 is 0 Å². The van der Waals surface area contributed by atoms with Gasteiger partial charge in [-0.1, -0.05) is 25.1 Å². The molecule has 1 aromatic heterocycles. The van der Waals surface area contributed by atoms with Crippen molar-refractivity contribution in [2.75, 3.05) is 14.2 Å². The minimum absolute atomic E-state index is 0.0755. The van der Waals surface area contributed by atoms with Crippen LogP contribution in [-0.4, -0.2) is 18.7 Å². The smallest absolute Gasteiger partial charge is 0.255 e. The summed E-state index contributed by atoms with van der Waals surface area (Å²) in [6.07, 6.45) is 0.917. The van der Waals surface area contributed by atoms with Crippen LogP contribution in [0.3, 0.4) is 0 Å². The first-order valence-corrected chi connectivity index (χ1v) is 7.23. The lowest BCUT2D eigenvalue weighted by molar-refractivity contribution is 0.415. The first kappa shape index (κ1) is 15.3. The van der Waals surface area contributed by atoms with E-state index < -0.39 is 0 Å². The second-order valence-corrected chi connectivity index (χ2v) is 4.96. The largest absolute Gasteiger partial charge is 0.497 e. The maximum atomic E-state index is 12.6. The van der Waals surface area contributed by atoms with E-state index in [1.165, 1.54) is 0 Å². The van der Waals surface area contributed by atoms with Crippen LogP contribution in [0.25, 0.3) is 11.3 Å². The Morgan fingerprint density at radius 2 is 2.05 bits per heavy atom. The highest BCUT2D eigenvalue weighted by Gasteiger charge is 2.10. The summed E-state index contributed by atoms with van der Waals surface area (Å²) in [6, 6.07) is 11.7. The zero-order chi connectivity index (χ0) is 15.2. The van der Waals surface area contributed by atoms with Gasteiger partial charge in [-0.2, -0.15) is 0 Å². The van der Waals surface area contributed by atoms with E-state index in [2.05, 4.69) is 12.2 Å². The monoisotopic (exact) mass is 286 g/mol. The number of hydrogen-bond acceptors (Lipinski definition) is 3. The van der Waals surface area contributed by atoms with Gasteiger partial charge in [-0.15, -0.1) is 0 Å². The van der Waals surface area contributed by atoms with E-state index in [4.69, 9.17) is 4.74 Å². The lowest BCUT2D eigenvalue weighted by Crippen LogP contribution is -2.27. The minimum atomic E-state index is 0.0755. The number of hydrogen-bond donors (Lipinski definition) is 1. The number of benzene rings is 1. The summed E-state index contributed by atoms with van der Waals surface area (Å²) in [5, 5.41) is 3.04. The maximum Gasteiger partial charge on any atom is 0.255 e. The summed E-state index contributed by atoms with van der Waals surface area (Å²) in [7, 11) is 3.49. The predicted octanol–water partition coefficient (Wildman–Crippen LogP) is 2.65. The van der Waals surface area contributed by atoms with Crippen LogP contribution >= 0.6 is 0 Å². The van der Waals surface area contributed by atoms with Gasteiger partial charge in [0.05, 0.1) is 12.8 Å². The van der Waals surface area contributed by atoms with Gasteiger partial charge in [0.1, 0.15) is 5.75 Å². The normalized spacial score (nSPS) is 10.6. The number of methoxy groups -OCH3 is 1. The van der Waals surface area contributed by atoms with Crippen molar-refractivity contribution in [2.24, 2.45) is 0 Å². The fourth-order valence-electron chi connectivity index (χ4n) is 2.43. The van der Waals surface area contributed by atoms with Crippen molar-refractivity contribution >= 4 is 0 Å². The van der Waals surface area contributed by atoms with Gasteiger partial charge in [0.25, 0.3) is 5.56 Å². The molecule has 21 heavy (non-hydrogen) atoms. The van der Waals surface area contributed by atoms with E-state index >= 15 is 0 Å². The van der Waals surface area contributed by atoms with Crippen LogP contribution in [0.2, 0.25) is 0 Å². The molecule has 0 aliphatic carbocycles. The van der Waals surface area contributed by atoms with Crippen LogP contribution in [0.1, 0.15) is 18.9 Å². The first-order chi connectivity index (χ1) is 10.2. The highest BCUT2D eigenvalue weighted by Crippen LogP contribution is 2.23. The molecular formula is C17H22N2O2. The summed E-state index contributed by atoms with van der Waals surface area (Å²) in [6.45, 7) is 3.37. The van der Waals surface area contributed by atoms with Crippen molar-refractivity contribution < 1.29 is 4.74 Å². The lowest BCUT2D eigenvalue weighted by Gasteiger charge is -2.15. The molecule has 0 saturated carbocycles. The molecule has 0 aliphatic rings. The van der Waals surface area contributed by atoms with Gasteiger partial charge in [-0.05, 0) is 31.7 Å². The van der Waals surface area contributed by atoms with Crippen molar-refractivity contribution in [1.82, 2.24) is 9.88 Å². The van der Waals surface area contributed by atoms with Crippen LogP contribution in [0.5, 0.6) is 5.75 Å². The van der Waals surface area contributed by atoms with E-state index in [0.717, 1.165) is 29.0 Å². The van der Waals surface area contributed by atoms with Gasteiger partial charge in [-0.3, -0.25) is 4.79 Å². The van der Waals surface area contributed by atoms with E-state index in [0.29, 0.717) is 13.1 Å². The minimum Gasteiger partial charge on any atom is -0.497 e. The molecule has 0 radical (unpaired) electrons. The van der Waals surface area contributed by atoms with Crippen LogP contribution in [-0.2, 0) is 13.1 Å². The number of rotatable bonds is 6. The van der Waals surface area contributed by atoms with Gasteiger partial charge in [0.2, 0.25) is 0 Å². The van der Waals surface area contributed by atoms with Gasteiger partial charge < -0.3 is 14.6 Å². The third-order valence-electron chi connectivity index (χ3n) is 3.43. The SMILES string of the molecule is CCCn1c(-c2cccc(OC)c2)ccc(CNC)c1=O. The lowest BCUT2D eigenvalue weighted by atomic mass is 10.1. The van der Waals surface area contributed by atoms with Crippen molar-refractivity contribution in [3.05, 3.63) is 52.3 Å². The molecular weight excluding hydrogens is 264 g/mol. The summed E-state index contributed by atoms with van der Waals surface area (Å²) in [5.41, 5.74) is 2.79. The quantitative estimate of drug-likeness (QED) is 0.888. The zero-order valence-corrected chi connectivity index (χ0v) is 12.8. The summed E-state index contributed by atoms with van der Waals surface area (Å²) < 4.78 is 7.12. The molecule has 0 saturated heterocycles. The average molecular weight is 286 g/mol. The topological polar surface area (TPSA) is 43.3 Å². The first-order valence-electron chi connectivity index (χ1n) is 7.23. The van der Waals surface area contributed by atoms with Crippen LogP contribution in [0.4, 0.5) is 0 Å². The molecule has 4 heteroatoms. The Balaban J connectivity index is 2.56. The fraction of sp³-hybridized carbons (Fsp3) is 0.353. The average Bonchev–Trinajstić information content (AvgIpc) is 2.52. The standard InChI is InChI=1S/C17H22N2O2/c1-4-10-19-16(9-8-14(12-18-2)17(19)20)13-6-5-7-15(11-13)21-3/h5-9,11,18H,4,10,12H2,1-3H3. The van der Waals surface area contributed by atoms with E-state index in [9.17, 15) is 4.79 Å². The fourth-order valence-corrected chi connectivity index (χ4v) is 2.43. The predicted molar refractivity (Wildman–Crippen MR) is 85.7 cm³/mol. The Hall–Kier alpha value is -2.07. The van der Waals surface area contributed by atoms with Gasteiger partial charge in [-0.25, -0.2) is 0 Å². The molecule has 1 N–H and O–H groups in total. The highest BCUT2D eigenvalue weighted by atomic mass is 16.5. The molecule has 4 nitrogen and oxygen atoms in total. The Kier molecular flexibility index (Phi) is 5.17. The third kappa shape index (κ3) is 3.34. The second-order valence-electron chi connectivity index (χ2n) is 4.96. The van der Waals surface area contributed by atoms with Crippen LogP contribution in [0, 0.1) is 0 Å². The van der Waals surface area contributed by atoms with Crippen molar-refractivity contribution in [3.63, 3.8) is 0 Å². The van der Waals surface area contributed by atoms with E-state index in [-0.39, 0.29) is 5.56 Å². The Morgan fingerprint density at radius 3 is 2.71 bits per heavy atom. The molecule has 0 fully saturated rings. The molecule has 1 heterocycles. The molecule has 0 amide bonds. The number of pyridine rings is 1. The molecule has 0 spiro atoms. The molecule has 112 valence electrons. The number of ether oxygens (including phenoxy) is 1. The molecule has 0 unspecified atom stereocenters. The van der Waals surface area contributed by atoms with Crippen molar-refractivity contribution in [3.8, 4) is 17.0 Å². The van der Waals surface area contributed by atoms with Crippen molar-refractivity contribution in [2.45, 2.75) is 26.4 Å². The number of nitrogens with zero attached hydrogens (tertiary/aromatic N) is 1. The highest BCUT2D eigenvalue weighted by molar-refractivity contribution is 5.62. The second kappa shape index (κ2) is 7.09. The molecule has 0 atom stereocenters. The van der Waals surface area contributed by atoms with E-state index in [1.54, 1.807) is 7.11 Å². The van der Waals surface area contributed by atoms with E-state index in [1.807, 2.05) is 48.0 Å². The van der Waals surface area contributed by atoms with Gasteiger partial charge in [0, 0.05) is 24.2 Å². The Morgan fingerprint density at radius 1 is 1.24 bits per heavy atom. The Labute approximate surface area is 125 Å². The van der Waals surface area contributed by atoms with Crippen LogP contribution < -0.4 is 15.6 Å². The zero-order valence-electron chi connectivity index (χ0n) is 12.8. The number of nitrogens with one attached hydrogen (secondary N) is 1. The van der Waals surface area contributed by atoms with Crippen LogP contribution in [0.15, 0.2) is 41.2 Å². The summed E-state index contributed by atoms with van der Waals surface area (Å²) in [4.78, 5) is 12.6. The van der Waals surface area contributed by atoms with Gasteiger partial charge in [0.15, 0.2) is 0 Å². The number of aromatic nitrogens is 1.